The molecule has 1 aromatic carbocycles. The molecular formula is C20H22N4OS. The number of hydrogen-bond acceptors (Lipinski definition) is 4. The molecule has 0 radical (unpaired) electrons. The number of aryl methyl sites for hydroxylation is 2. The van der Waals surface area contributed by atoms with Crippen molar-refractivity contribution in [2.75, 3.05) is 18.0 Å². The highest BCUT2D eigenvalue weighted by atomic mass is 32.1. The topological polar surface area (TPSA) is 61.0 Å². The molecule has 26 heavy (non-hydrogen) atoms. The minimum atomic E-state index is 0.00459. The van der Waals surface area contributed by atoms with Crippen LogP contribution in [0.15, 0.2) is 41.8 Å². The molecule has 6 heteroatoms. The van der Waals surface area contributed by atoms with E-state index >= 15 is 0 Å². The molecule has 3 heterocycles. The number of amides is 1. The zero-order valence-corrected chi connectivity index (χ0v) is 15.8. The van der Waals surface area contributed by atoms with Gasteiger partial charge in [0.15, 0.2) is 5.82 Å². The number of thiophene rings is 1. The fourth-order valence-corrected chi connectivity index (χ4v) is 4.18. The fourth-order valence-electron chi connectivity index (χ4n) is 3.49. The molecule has 1 fully saturated rings. The van der Waals surface area contributed by atoms with Crippen LogP contribution in [0.3, 0.4) is 0 Å². The summed E-state index contributed by atoms with van der Waals surface area (Å²) in [4.78, 5) is 16.0. The molecule has 1 atom stereocenters. The SMILES string of the molecule is Cc1cc(C)cc(C(=O)N[C@@H]2CCN(c3cc(-c4cccs4)[nH]n3)C2)c1. The van der Waals surface area contributed by atoms with Crippen LogP contribution >= 0.6 is 11.3 Å². The van der Waals surface area contributed by atoms with Crippen LogP contribution in [0, 0.1) is 13.8 Å². The van der Waals surface area contributed by atoms with Crippen LogP contribution in [0.1, 0.15) is 27.9 Å². The monoisotopic (exact) mass is 366 g/mol. The Bertz CT molecular complexity index is 896. The molecule has 1 aliphatic heterocycles. The molecule has 5 nitrogen and oxygen atoms in total. The molecule has 0 saturated carbocycles. The van der Waals surface area contributed by atoms with Gasteiger partial charge in [0.25, 0.3) is 5.91 Å². The van der Waals surface area contributed by atoms with Gasteiger partial charge in [-0.2, -0.15) is 5.10 Å². The second-order valence-electron chi connectivity index (χ2n) is 6.90. The molecule has 1 aliphatic rings. The number of nitrogens with zero attached hydrogens (tertiary/aromatic N) is 2. The molecule has 4 rings (SSSR count). The van der Waals surface area contributed by atoms with Crippen molar-refractivity contribution in [3.63, 3.8) is 0 Å². The van der Waals surface area contributed by atoms with Crippen LogP contribution in [-0.4, -0.2) is 35.2 Å². The summed E-state index contributed by atoms with van der Waals surface area (Å²) in [7, 11) is 0. The van der Waals surface area contributed by atoms with Gasteiger partial charge >= 0.3 is 0 Å². The summed E-state index contributed by atoms with van der Waals surface area (Å²) in [6, 6.07) is 12.3. The Labute approximate surface area is 157 Å². The number of H-pyrrole nitrogens is 1. The fraction of sp³-hybridized carbons (Fsp3) is 0.300. The van der Waals surface area contributed by atoms with Crippen molar-refractivity contribution in [2.45, 2.75) is 26.3 Å². The number of carbonyl (C=O) groups excluding carboxylic acids is 1. The minimum absolute atomic E-state index is 0.00459. The summed E-state index contributed by atoms with van der Waals surface area (Å²) in [6.07, 6.45) is 0.928. The van der Waals surface area contributed by atoms with Crippen molar-refractivity contribution in [1.29, 1.82) is 0 Å². The molecule has 2 N–H and O–H groups in total. The Morgan fingerprint density at radius 2 is 2.08 bits per heavy atom. The molecule has 0 bridgehead atoms. The van der Waals surface area contributed by atoms with Crippen LogP contribution < -0.4 is 10.2 Å². The predicted octanol–water partition coefficient (Wildman–Crippen LogP) is 3.76. The molecule has 2 aromatic heterocycles. The first kappa shape index (κ1) is 16.8. The Balaban J connectivity index is 1.40. The smallest absolute Gasteiger partial charge is 0.251 e. The van der Waals surface area contributed by atoms with Crippen molar-refractivity contribution in [2.24, 2.45) is 0 Å². The maximum absolute atomic E-state index is 12.6. The average Bonchev–Trinajstić information content (AvgIpc) is 3.34. The normalized spacial score (nSPS) is 16.8. The van der Waals surface area contributed by atoms with E-state index in [0.717, 1.165) is 47.7 Å². The van der Waals surface area contributed by atoms with E-state index in [-0.39, 0.29) is 11.9 Å². The highest BCUT2D eigenvalue weighted by molar-refractivity contribution is 7.13. The Kier molecular flexibility index (Phi) is 4.51. The zero-order chi connectivity index (χ0) is 18.1. The number of aromatic nitrogens is 2. The number of anilines is 1. The lowest BCUT2D eigenvalue weighted by molar-refractivity contribution is 0.0940. The van der Waals surface area contributed by atoms with Gasteiger partial charge in [0.05, 0.1) is 10.6 Å². The van der Waals surface area contributed by atoms with Gasteiger partial charge in [0.1, 0.15) is 0 Å². The van der Waals surface area contributed by atoms with E-state index in [9.17, 15) is 4.79 Å². The van der Waals surface area contributed by atoms with Crippen LogP contribution in [-0.2, 0) is 0 Å². The molecule has 3 aromatic rings. The van der Waals surface area contributed by atoms with E-state index in [0.29, 0.717) is 0 Å². The number of rotatable bonds is 4. The summed E-state index contributed by atoms with van der Waals surface area (Å²) in [6.45, 7) is 5.71. The van der Waals surface area contributed by atoms with E-state index in [4.69, 9.17) is 0 Å². The second-order valence-corrected chi connectivity index (χ2v) is 7.85. The van der Waals surface area contributed by atoms with Gasteiger partial charge < -0.3 is 10.2 Å². The first-order valence-corrected chi connectivity index (χ1v) is 9.70. The lowest BCUT2D eigenvalue weighted by atomic mass is 10.1. The van der Waals surface area contributed by atoms with Crippen molar-refractivity contribution in [1.82, 2.24) is 15.5 Å². The van der Waals surface area contributed by atoms with Gasteiger partial charge in [0, 0.05) is 30.8 Å². The molecule has 0 unspecified atom stereocenters. The summed E-state index contributed by atoms with van der Waals surface area (Å²) in [5.41, 5.74) is 4.00. The van der Waals surface area contributed by atoms with Gasteiger partial charge in [-0.15, -0.1) is 11.3 Å². The highest BCUT2D eigenvalue weighted by Crippen LogP contribution is 2.27. The number of aromatic amines is 1. The maximum Gasteiger partial charge on any atom is 0.251 e. The third-order valence-corrected chi connectivity index (χ3v) is 5.59. The van der Waals surface area contributed by atoms with Gasteiger partial charge in [0.2, 0.25) is 0 Å². The Morgan fingerprint density at radius 3 is 2.81 bits per heavy atom. The lowest BCUT2D eigenvalue weighted by Crippen LogP contribution is -2.37. The number of carbonyl (C=O) groups is 1. The molecule has 1 saturated heterocycles. The summed E-state index contributed by atoms with van der Waals surface area (Å²) < 4.78 is 0. The first-order valence-electron chi connectivity index (χ1n) is 8.82. The summed E-state index contributed by atoms with van der Waals surface area (Å²) >= 11 is 1.69. The Morgan fingerprint density at radius 1 is 1.27 bits per heavy atom. The third-order valence-electron chi connectivity index (χ3n) is 4.68. The van der Waals surface area contributed by atoms with E-state index in [1.165, 1.54) is 4.88 Å². The molecule has 1 amide bonds. The maximum atomic E-state index is 12.6. The third kappa shape index (κ3) is 3.51. The van der Waals surface area contributed by atoms with Crippen LogP contribution in [0.5, 0.6) is 0 Å². The van der Waals surface area contributed by atoms with Crippen molar-refractivity contribution in [3.05, 3.63) is 58.5 Å². The zero-order valence-electron chi connectivity index (χ0n) is 15.0. The lowest BCUT2D eigenvalue weighted by Gasteiger charge is -2.16. The van der Waals surface area contributed by atoms with E-state index in [1.807, 2.05) is 32.0 Å². The van der Waals surface area contributed by atoms with E-state index < -0.39 is 0 Å². The van der Waals surface area contributed by atoms with E-state index in [2.05, 4.69) is 44.0 Å². The van der Waals surface area contributed by atoms with E-state index in [1.54, 1.807) is 11.3 Å². The minimum Gasteiger partial charge on any atom is -0.353 e. The van der Waals surface area contributed by atoms with Crippen molar-refractivity contribution < 1.29 is 4.79 Å². The average molecular weight is 366 g/mol. The predicted molar refractivity (Wildman–Crippen MR) is 106 cm³/mol. The van der Waals surface area contributed by atoms with Crippen molar-refractivity contribution in [3.8, 4) is 10.6 Å². The van der Waals surface area contributed by atoms with Crippen LogP contribution in [0.4, 0.5) is 5.82 Å². The number of nitrogens with one attached hydrogen (secondary N) is 2. The van der Waals surface area contributed by atoms with Gasteiger partial charge in [-0.25, -0.2) is 0 Å². The van der Waals surface area contributed by atoms with Gasteiger partial charge in [-0.05, 0) is 43.8 Å². The molecule has 0 spiro atoms. The molecule has 0 aliphatic carbocycles. The van der Waals surface area contributed by atoms with Crippen molar-refractivity contribution >= 4 is 23.1 Å². The first-order chi connectivity index (χ1) is 12.6. The van der Waals surface area contributed by atoms with Gasteiger partial charge in [-0.1, -0.05) is 23.3 Å². The van der Waals surface area contributed by atoms with Crippen LogP contribution in [0.25, 0.3) is 10.6 Å². The molecular weight excluding hydrogens is 344 g/mol. The molecule has 134 valence electrons. The largest absolute Gasteiger partial charge is 0.353 e. The number of benzene rings is 1. The number of hydrogen-bond donors (Lipinski definition) is 2. The summed E-state index contributed by atoms with van der Waals surface area (Å²) in [5, 5.41) is 12.8. The standard InChI is InChI=1S/C20H22N4OS/c1-13-8-14(2)10-15(9-13)20(25)21-16-5-6-24(12-16)19-11-17(22-23-19)18-4-3-7-26-18/h3-4,7-11,16H,5-6,12H2,1-2H3,(H,21,25)(H,22,23)/t16-/m1/s1. The highest BCUT2D eigenvalue weighted by Gasteiger charge is 2.26. The summed E-state index contributed by atoms with van der Waals surface area (Å²) in [5.74, 6) is 0.946. The second kappa shape index (κ2) is 6.96. The Hall–Kier alpha value is -2.60. The quantitative estimate of drug-likeness (QED) is 0.739. The van der Waals surface area contributed by atoms with Crippen LogP contribution in [0.2, 0.25) is 0 Å². The van der Waals surface area contributed by atoms with Gasteiger partial charge in [-0.3, -0.25) is 9.89 Å².